The summed E-state index contributed by atoms with van der Waals surface area (Å²) in [5, 5.41) is 0.490. The number of benzene rings is 1. The minimum Gasteiger partial charge on any atom is -0.375 e. The average molecular weight is 376 g/mol. The summed E-state index contributed by atoms with van der Waals surface area (Å²) in [6.07, 6.45) is 1.77. The van der Waals surface area contributed by atoms with Crippen molar-refractivity contribution < 1.29 is 0 Å². The minimum atomic E-state index is 0.457. The molecule has 3 heterocycles. The molecule has 6 nitrogen and oxygen atoms in total. The fourth-order valence-electron chi connectivity index (χ4n) is 2.93. The normalized spacial score (nSPS) is 11.1. The predicted molar refractivity (Wildman–Crippen MR) is 112 cm³/mol. The minimum absolute atomic E-state index is 0.457. The molecule has 136 valence electrons. The van der Waals surface area contributed by atoms with E-state index in [1.807, 2.05) is 30.1 Å². The van der Waals surface area contributed by atoms with Gasteiger partial charge in [0.25, 0.3) is 0 Å². The summed E-state index contributed by atoms with van der Waals surface area (Å²) in [4.78, 5) is 16.6. The van der Waals surface area contributed by atoms with Gasteiger partial charge in [-0.05, 0) is 42.8 Å². The lowest BCUT2D eigenvalue weighted by Gasteiger charge is -2.19. The Hall–Kier alpha value is -3.03. The standard InChI is InChI=1S/C20H20N6S/c1-12-3-5-14(6-4-12)26(2)17-10-15(16-9-13(11-21)7-8-23-16)18-19(24-17)27-20(22)25-18/h3-10H,11,21H2,1-2H3,(H2,22,25). The number of pyridine rings is 2. The molecule has 0 radical (unpaired) electrons. The number of hydrogen-bond donors (Lipinski definition) is 2. The zero-order valence-electron chi connectivity index (χ0n) is 15.2. The molecule has 0 fully saturated rings. The molecule has 0 aliphatic heterocycles. The maximum absolute atomic E-state index is 5.96. The number of thiazole rings is 1. The van der Waals surface area contributed by atoms with Gasteiger partial charge in [-0.2, -0.15) is 0 Å². The van der Waals surface area contributed by atoms with Crippen molar-refractivity contribution in [2.75, 3.05) is 17.7 Å². The van der Waals surface area contributed by atoms with Gasteiger partial charge in [0.15, 0.2) is 5.13 Å². The van der Waals surface area contributed by atoms with E-state index in [9.17, 15) is 0 Å². The molecule has 7 heteroatoms. The molecule has 4 rings (SSSR count). The van der Waals surface area contributed by atoms with Crippen molar-refractivity contribution in [3.05, 3.63) is 59.8 Å². The smallest absolute Gasteiger partial charge is 0.182 e. The van der Waals surface area contributed by atoms with Crippen LogP contribution in [0.25, 0.3) is 21.6 Å². The van der Waals surface area contributed by atoms with E-state index in [2.05, 4.69) is 41.2 Å². The van der Waals surface area contributed by atoms with Crippen molar-refractivity contribution in [1.82, 2.24) is 15.0 Å². The Morgan fingerprint density at radius 1 is 1.07 bits per heavy atom. The second-order valence-electron chi connectivity index (χ2n) is 6.38. The van der Waals surface area contributed by atoms with Crippen LogP contribution in [-0.4, -0.2) is 22.0 Å². The van der Waals surface area contributed by atoms with Crippen LogP contribution >= 0.6 is 11.3 Å². The number of nitrogens with zero attached hydrogens (tertiary/aromatic N) is 4. The van der Waals surface area contributed by atoms with Gasteiger partial charge in [0.1, 0.15) is 16.2 Å². The number of aryl methyl sites for hydroxylation is 1. The first-order chi connectivity index (χ1) is 13.0. The summed E-state index contributed by atoms with van der Waals surface area (Å²) in [7, 11) is 2.00. The molecule has 3 aromatic heterocycles. The number of aromatic nitrogens is 3. The summed E-state index contributed by atoms with van der Waals surface area (Å²) < 4.78 is 0. The van der Waals surface area contributed by atoms with Crippen molar-refractivity contribution in [2.45, 2.75) is 13.5 Å². The first kappa shape index (κ1) is 17.4. The van der Waals surface area contributed by atoms with Gasteiger partial charge in [0.2, 0.25) is 0 Å². The van der Waals surface area contributed by atoms with Crippen LogP contribution in [0, 0.1) is 6.92 Å². The average Bonchev–Trinajstić information content (AvgIpc) is 3.07. The van der Waals surface area contributed by atoms with Crippen molar-refractivity contribution in [2.24, 2.45) is 5.73 Å². The highest BCUT2D eigenvalue weighted by Gasteiger charge is 2.16. The second kappa shape index (κ2) is 6.94. The van der Waals surface area contributed by atoms with E-state index in [-0.39, 0.29) is 0 Å². The van der Waals surface area contributed by atoms with Crippen molar-refractivity contribution >= 4 is 38.3 Å². The fraction of sp³-hybridized carbons (Fsp3) is 0.150. The molecular weight excluding hydrogens is 356 g/mol. The molecular formula is C20H20N6S. The van der Waals surface area contributed by atoms with E-state index in [1.165, 1.54) is 16.9 Å². The lowest BCUT2D eigenvalue weighted by Crippen LogP contribution is -2.11. The molecule has 0 saturated carbocycles. The fourth-order valence-corrected chi connectivity index (χ4v) is 3.66. The van der Waals surface area contributed by atoms with Crippen LogP contribution in [0.4, 0.5) is 16.6 Å². The van der Waals surface area contributed by atoms with Crippen LogP contribution in [0.5, 0.6) is 0 Å². The highest BCUT2D eigenvalue weighted by molar-refractivity contribution is 7.21. The third-order valence-corrected chi connectivity index (χ3v) is 5.25. The van der Waals surface area contributed by atoms with E-state index in [0.29, 0.717) is 11.7 Å². The Balaban J connectivity index is 1.88. The van der Waals surface area contributed by atoms with Crippen LogP contribution in [0.15, 0.2) is 48.7 Å². The molecule has 0 unspecified atom stereocenters. The Labute approximate surface area is 161 Å². The molecule has 0 aliphatic rings. The van der Waals surface area contributed by atoms with Crippen LogP contribution in [0.2, 0.25) is 0 Å². The van der Waals surface area contributed by atoms with Gasteiger partial charge in [-0.15, -0.1) is 0 Å². The first-order valence-electron chi connectivity index (χ1n) is 8.58. The molecule has 0 saturated heterocycles. The second-order valence-corrected chi connectivity index (χ2v) is 7.39. The quantitative estimate of drug-likeness (QED) is 0.561. The topological polar surface area (TPSA) is 94.0 Å². The van der Waals surface area contributed by atoms with E-state index < -0.39 is 0 Å². The number of hydrogen-bond acceptors (Lipinski definition) is 7. The molecule has 0 amide bonds. The summed E-state index contributed by atoms with van der Waals surface area (Å²) >= 11 is 1.38. The number of nitrogens with two attached hydrogens (primary N) is 2. The van der Waals surface area contributed by atoms with E-state index in [0.717, 1.165) is 38.7 Å². The number of fused-ring (bicyclic) bond motifs is 1. The molecule has 1 aromatic carbocycles. The monoisotopic (exact) mass is 376 g/mol. The molecule has 0 aliphatic carbocycles. The van der Waals surface area contributed by atoms with Crippen molar-refractivity contribution in [3.63, 3.8) is 0 Å². The van der Waals surface area contributed by atoms with Gasteiger partial charge in [0, 0.05) is 31.0 Å². The summed E-state index contributed by atoms with van der Waals surface area (Å²) in [5.41, 5.74) is 17.5. The zero-order valence-corrected chi connectivity index (χ0v) is 16.0. The maximum Gasteiger partial charge on any atom is 0.182 e. The predicted octanol–water partition coefficient (Wildman–Crippen LogP) is 3.87. The molecule has 0 atom stereocenters. The van der Waals surface area contributed by atoms with Crippen molar-refractivity contribution in [1.29, 1.82) is 0 Å². The third-order valence-electron chi connectivity index (χ3n) is 4.47. The Kier molecular flexibility index (Phi) is 4.47. The number of nitrogen functional groups attached to an aromatic ring is 1. The van der Waals surface area contributed by atoms with Gasteiger partial charge in [-0.1, -0.05) is 29.0 Å². The number of anilines is 3. The maximum atomic E-state index is 5.96. The van der Waals surface area contributed by atoms with Gasteiger partial charge in [-0.25, -0.2) is 9.97 Å². The molecule has 0 spiro atoms. The van der Waals surface area contributed by atoms with Crippen LogP contribution in [0.1, 0.15) is 11.1 Å². The third kappa shape index (κ3) is 3.34. The van der Waals surface area contributed by atoms with Gasteiger partial charge in [-0.3, -0.25) is 4.98 Å². The Morgan fingerprint density at radius 2 is 1.85 bits per heavy atom. The van der Waals surface area contributed by atoms with Gasteiger partial charge in [0.05, 0.1) is 5.69 Å². The molecule has 27 heavy (non-hydrogen) atoms. The summed E-state index contributed by atoms with van der Waals surface area (Å²) in [5.74, 6) is 0.810. The van der Waals surface area contributed by atoms with E-state index in [1.54, 1.807) is 6.20 Å². The SMILES string of the molecule is Cc1ccc(N(C)c2cc(-c3cc(CN)ccn3)c3nc(N)sc3n2)cc1. The molecule has 0 bridgehead atoms. The number of rotatable bonds is 4. The van der Waals surface area contributed by atoms with Crippen LogP contribution in [-0.2, 0) is 6.54 Å². The van der Waals surface area contributed by atoms with Crippen molar-refractivity contribution in [3.8, 4) is 11.3 Å². The van der Waals surface area contributed by atoms with Crippen LogP contribution < -0.4 is 16.4 Å². The van der Waals surface area contributed by atoms with E-state index in [4.69, 9.17) is 16.5 Å². The first-order valence-corrected chi connectivity index (χ1v) is 9.39. The highest BCUT2D eigenvalue weighted by atomic mass is 32.1. The van der Waals surface area contributed by atoms with E-state index >= 15 is 0 Å². The van der Waals surface area contributed by atoms with Gasteiger partial charge >= 0.3 is 0 Å². The summed E-state index contributed by atoms with van der Waals surface area (Å²) in [6, 6.07) is 14.2. The Bertz CT molecular complexity index is 1100. The lowest BCUT2D eigenvalue weighted by atomic mass is 10.1. The Morgan fingerprint density at radius 3 is 2.59 bits per heavy atom. The van der Waals surface area contributed by atoms with Crippen LogP contribution in [0.3, 0.4) is 0 Å². The molecule has 4 aromatic rings. The van der Waals surface area contributed by atoms with Gasteiger partial charge < -0.3 is 16.4 Å². The molecule has 4 N–H and O–H groups in total. The summed E-state index contributed by atoms with van der Waals surface area (Å²) in [6.45, 7) is 2.53. The lowest BCUT2D eigenvalue weighted by molar-refractivity contribution is 1.06. The highest BCUT2D eigenvalue weighted by Crippen LogP contribution is 2.35. The largest absolute Gasteiger partial charge is 0.375 e. The zero-order chi connectivity index (χ0) is 19.0.